The summed E-state index contributed by atoms with van der Waals surface area (Å²) in [6, 6.07) is 7.69. The third-order valence-corrected chi connectivity index (χ3v) is 3.44. The van der Waals surface area contributed by atoms with Gasteiger partial charge in [-0.2, -0.15) is 0 Å². The largest absolute Gasteiger partial charge is 0.496 e. The number of benzene rings is 1. The van der Waals surface area contributed by atoms with E-state index in [1.165, 1.54) is 0 Å². The Kier molecular flexibility index (Phi) is 4.62. The molecule has 1 unspecified atom stereocenters. The van der Waals surface area contributed by atoms with Gasteiger partial charge in [-0.3, -0.25) is 4.79 Å². The molecule has 2 N–H and O–H groups in total. The fourth-order valence-corrected chi connectivity index (χ4v) is 2.35. The van der Waals surface area contributed by atoms with Gasteiger partial charge < -0.3 is 20.1 Å². The minimum absolute atomic E-state index is 0.104. The number of hydrogen-bond acceptors (Lipinski definition) is 4. The molecule has 5 heteroatoms. The van der Waals surface area contributed by atoms with Crippen molar-refractivity contribution >= 4 is 5.91 Å². The smallest absolute Gasteiger partial charge is 0.251 e. The lowest BCUT2D eigenvalue weighted by atomic mass is 9.93. The van der Waals surface area contributed by atoms with E-state index in [1.54, 1.807) is 7.11 Å². The molecule has 1 aliphatic rings. The summed E-state index contributed by atoms with van der Waals surface area (Å²) in [6.07, 6.45) is -0.433. The fraction of sp³-hybridized carbons (Fsp3) is 0.533. The third-order valence-electron chi connectivity index (χ3n) is 3.44. The maximum absolute atomic E-state index is 12.3. The van der Waals surface area contributed by atoms with Crippen LogP contribution in [0.25, 0.3) is 0 Å². The highest BCUT2D eigenvalue weighted by molar-refractivity contribution is 5.82. The average Bonchev–Trinajstić information content (AvgIpc) is 2.47. The van der Waals surface area contributed by atoms with Crippen molar-refractivity contribution in [2.24, 2.45) is 0 Å². The number of rotatable bonds is 4. The topological polar surface area (TPSA) is 59.6 Å². The SMILES string of the molecule is COc1ccccc1C(C)(C)NC(=O)C1CNCCO1. The highest BCUT2D eigenvalue weighted by Crippen LogP contribution is 2.29. The normalized spacial score (nSPS) is 19.4. The molecule has 1 saturated heterocycles. The molecule has 1 fully saturated rings. The summed E-state index contributed by atoms with van der Waals surface area (Å²) in [4.78, 5) is 12.3. The van der Waals surface area contributed by atoms with Crippen molar-refractivity contribution in [2.75, 3.05) is 26.8 Å². The van der Waals surface area contributed by atoms with Crippen LogP contribution in [0.5, 0.6) is 5.75 Å². The van der Waals surface area contributed by atoms with Crippen LogP contribution < -0.4 is 15.4 Å². The van der Waals surface area contributed by atoms with E-state index in [4.69, 9.17) is 9.47 Å². The van der Waals surface area contributed by atoms with Gasteiger partial charge in [0.1, 0.15) is 11.9 Å². The Morgan fingerprint density at radius 2 is 2.20 bits per heavy atom. The first-order chi connectivity index (χ1) is 9.54. The Morgan fingerprint density at radius 1 is 1.45 bits per heavy atom. The minimum Gasteiger partial charge on any atom is -0.496 e. The van der Waals surface area contributed by atoms with Crippen molar-refractivity contribution in [3.05, 3.63) is 29.8 Å². The maximum Gasteiger partial charge on any atom is 0.251 e. The molecule has 1 atom stereocenters. The first-order valence-corrected chi connectivity index (χ1v) is 6.82. The van der Waals surface area contributed by atoms with E-state index in [0.29, 0.717) is 13.2 Å². The Labute approximate surface area is 119 Å². The molecule has 0 aromatic heterocycles. The van der Waals surface area contributed by atoms with Crippen LogP contribution in [-0.4, -0.2) is 38.8 Å². The summed E-state index contributed by atoms with van der Waals surface area (Å²) in [6.45, 7) is 5.82. The third kappa shape index (κ3) is 3.29. The lowest BCUT2D eigenvalue weighted by molar-refractivity contribution is -0.136. The van der Waals surface area contributed by atoms with Gasteiger partial charge in [-0.25, -0.2) is 0 Å². The van der Waals surface area contributed by atoms with Gasteiger partial charge in [0.25, 0.3) is 5.91 Å². The van der Waals surface area contributed by atoms with Gasteiger partial charge in [-0.1, -0.05) is 18.2 Å². The van der Waals surface area contributed by atoms with Crippen LogP contribution in [0.15, 0.2) is 24.3 Å². The Balaban J connectivity index is 2.11. The molecule has 1 aromatic carbocycles. The number of nitrogens with one attached hydrogen (secondary N) is 2. The van der Waals surface area contributed by atoms with Crippen molar-refractivity contribution in [1.29, 1.82) is 0 Å². The van der Waals surface area contributed by atoms with Gasteiger partial charge in [0, 0.05) is 18.7 Å². The van der Waals surface area contributed by atoms with Crippen molar-refractivity contribution in [3.63, 3.8) is 0 Å². The van der Waals surface area contributed by atoms with E-state index in [9.17, 15) is 4.79 Å². The monoisotopic (exact) mass is 278 g/mol. The summed E-state index contributed by atoms with van der Waals surface area (Å²) in [5.74, 6) is 0.661. The molecule has 0 radical (unpaired) electrons. The molecule has 0 saturated carbocycles. The van der Waals surface area contributed by atoms with E-state index in [-0.39, 0.29) is 5.91 Å². The number of carbonyl (C=O) groups excluding carboxylic acids is 1. The van der Waals surface area contributed by atoms with Crippen molar-refractivity contribution in [3.8, 4) is 5.75 Å². The molecule has 5 nitrogen and oxygen atoms in total. The second kappa shape index (κ2) is 6.24. The van der Waals surface area contributed by atoms with Gasteiger partial charge in [0.05, 0.1) is 19.3 Å². The van der Waals surface area contributed by atoms with Gasteiger partial charge in [-0.15, -0.1) is 0 Å². The first-order valence-electron chi connectivity index (χ1n) is 6.82. The number of morpholine rings is 1. The van der Waals surface area contributed by atoms with Crippen molar-refractivity contribution in [1.82, 2.24) is 10.6 Å². The minimum atomic E-state index is -0.523. The zero-order valence-electron chi connectivity index (χ0n) is 12.2. The van der Waals surface area contributed by atoms with Crippen LogP contribution in [0.2, 0.25) is 0 Å². The summed E-state index contributed by atoms with van der Waals surface area (Å²) in [5.41, 5.74) is 0.421. The first kappa shape index (κ1) is 14.8. The van der Waals surface area contributed by atoms with Crippen molar-refractivity contribution < 1.29 is 14.3 Å². The molecule has 1 aromatic rings. The molecule has 1 amide bonds. The summed E-state index contributed by atoms with van der Waals surface area (Å²) < 4.78 is 10.8. The number of methoxy groups -OCH3 is 1. The number of amides is 1. The number of hydrogen-bond donors (Lipinski definition) is 2. The van der Waals surface area contributed by atoms with Gasteiger partial charge in [-0.05, 0) is 19.9 Å². The lowest BCUT2D eigenvalue weighted by Crippen LogP contribution is -2.52. The van der Waals surface area contributed by atoms with Crippen molar-refractivity contribution in [2.45, 2.75) is 25.5 Å². The van der Waals surface area contributed by atoms with Crippen LogP contribution in [0.1, 0.15) is 19.4 Å². The van der Waals surface area contributed by atoms with E-state index < -0.39 is 11.6 Å². The standard InChI is InChI=1S/C15H22N2O3/c1-15(2,11-6-4-5-7-12(11)19-3)17-14(18)13-10-16-8-9-20-13/h4-7,13,16H,8-10H2,1-3H3,(H,17,18). The lowest BCUT2D eigenvalue weighted by Gasteiger charge is -2.31. The van der Waals surface area contributed by atoms with E-state index in [0.717, 1.165) is 17.9 Å². The molecule has 20 heavy (non-hydrogen) atoms. The Hall–Kier alpha value is -1.59. The van der Waals surface area contributed by atoms with Gasteiger partial charge in [0.2, 0.25) is 0 Å². The summed E-state index contributed by atoms with van der Waals surface area (Å²) >= 11 is 0. The molecular formula is C15H22N2O3. The second-order valence-corrected chi connectivity index (χ2v) is 5.38. The predicted octanol–water partition coefficient (Wildman–Crippen LogP) is 1.03. The van der Waals surface area contributed by atoms with E-state index in [2.05, 4.69) is 10.6 Å². The molecule has 0 spiro atoms. The molecule has 1 heterocycles. The molecular weight excluding hydrogens is 256 g/mol. The molecule has 110 valence electrons. The highest BCUT2D eigenvalue weighted by atomic mass is 16.5. The fourth-order valence-electron chi connectivity index (χ4n) is 2.35. The predicted molar refractivity (Wildman–Crippen MR) is 76.8 cm³/mol. The molecule has 2 rings (SSSR count). The second-order valence-electron chi connectivity index (χ2n) is 5.38. The quantitative estimate of drug-likeness (QED) is 0.864. The number of ether oxygens (including phenoxy) is 2. The summed E-state index contributed by atoms with van der Waals surface area (Å²) in [5, 5.41) is 6.19. The zero-order valence-corrected chi connectivity index (χ0v) is 12.2. The van der Waals surface area contributed by atoms with Crippen LogP contribution in [0.3, 0.4) is 0 Å². The highest BCUT2D eigenvalue weighted by Gasteiger charge is 2.30. The molecule has 0 bridgehead atoms. The number of carbonyl (C=O) groups is 1. The molecule has 1 aliphatic heterocycles. The van der Waals surface area contributed by atoms with Gasteiger partial charge in [0.15, 0.2) is 0 Å². The van der Waals surface area contributed by atoms with E-state index >= 15 is 0 Å². The maximum atomic E-state index is 12.3. The van der Waals surface area contributed by atoms with Crippen LogP contribution in [0.4, 0.5) is 0 Å². The van der Waals surface area contributed by atoms with Crippen LogP contribution in [-0.2, 0) is 15.1 Å². The van der Waals surface area contributed by atoms with Crippen LogP contribution in [0, 0.1) is 0 Å². The average molecular weight is 278 g/mol. The zero-order chi connectivity index (χ0) is 14.6. The van der Waals surface area contributed by atoms with Crippen LogP contribution >= 0.6 is 0 Å². The van der Waals surface area contributed by atoms with E-state index in [1.807, 2.05) is 38.1 Å². The molecule has 0 aliphatic carbocycles. The van der Waals surface area contributed by atoms with Gasteiger partial charge >= 0.3 is 0 Å². The summed E-state index contributed by atoms with van der Waals surface area (Å²) in [7, 11) is 1.63. The number of para-hydroxylation sites is 1. The Bertz CT molecular complexity index is 468. The Morgan fingerprint density at radius 3 is 2.85 bits per heavy atom.